The summed E-state index contributed by atoms with van der Waals surface area (Å²) >= 11 is 0. The van der Waals surface area contributed by atoms with Crippen LogP contribution < -0.4 is 5.32 Å². The first kappa shape index (κ1) is 15.9. The molecule has 1 fully saturated rings. The third kappa shape index (κ3) is 7.34. The lowest BCUT2D eigenvalue weighted by Crippen LogP contribution is -2.37. The van der Waals surface area contributed by atoms with E-state index in [9.17, 15) is 0 Å². The minimum atomic E-state index is 0.527. The van der Waals surface area contributed by atoms with Crippen LogP contribution in [0, 0.1) is 5.92 Å². The number of hydrogen-bond acceptors (Lipinski definition) is 3. The van der Waals surface area contributed by atoms with E-state index >= 15 is 0 Å². The van der Waals surface area contributed by atoms with Gasteiger partial charge in [0.15, 0.2) is 0 Å². The second kappa shape index (κ2) is 9.76. The summed E-state index contributed by atoms with van der Waals surface area (Å²) in [5, 5.41) is 3.51. The summed E-state index contributed by atoms with van der Waals surface area (Å²) in [6, 6.07) is 0. The summed E-state index contributed by atoms with van der Waals surface area (Å²) in [6.07, 6.45) is 5.60. The van der Waals surface area contributed by atoms with Gasteiger partial charge in [0.1, 0.15) is 0 Å². The smallest absolute Gasteiger partial charge is 0.0599 e. The predicted octanol–water partition coefficient (Wildman–Crippen LogP) is 2.51. The monoisotopic (exact) mass is 256 g/mol. The van der Waals surface area contributed by atoms with Crippen LogP contribution >= 0.6 is 0 Å². The molecule has 1 saturated heterocycles. The minimum absolute atomic E-state index is 0.527. The van der Waals surface area contributed by atoms with Gasteiger partial charge in [-0.2, -0.15) is 0 Å². The molecule has 3 nitrogen and oxygen atoms in total. The first-order valence-corrected chi connectivity index (χ1v) is 7.77. The van der Waals surface area contributed by atoms with E-state index in [-0.39, 0.29) is 0 Å². The van der Waals surface area contributed by atoms with Gasteiger partial charge in [-0.3, -0.25) is 0 Å². The number of piperidine rings is 1. The number of likely N-dealkylation sites (tertiary alicyclic amines) is 1. The van der Waals surface area contributed by atoms with Gasteiger partial charge in [-0.15, -0.1) is 0 Å². The molecule has 0 aromatic carbocycles. The lowest BCUT2D eigenvalue weighted by Gasteiger charge is -2.31. The maximum atomic E-state index is 5.67. The van der Waals surface area contributed by atoms with Crippen LogP contribution in [-0.2, 0) is 4.74 Å². The normalized spacial score (nSPS) is 18.7. The average Bonchev–Trinajstić information content (AvgIpc) is 2.35. The molecule has 0 bridgehead atoms. The van der Waals surface area contributed by atoms with Crippen molar-refractivity contribution in [2.75, 3.05) is 39.3 Å². The minimum Gasteiger partial charge on any atom is -0.378 e. The van der Waals surface area contributed by atoms with E-state index in [1.165, 1.54) is 51.9 Å². The SMILES string of the molecule is CCOC1CCN(CCCCNCC(C)C)CC1. The first-order chi connectivity index (χ1) is 8.72. The zero-order valence-electron chi connectivity index (χ0n) is 12.6. The number of ether oxygens (including phenoxy) is 1. The van der Waals surface area contributed by atoms with E-state index in [0.29, 0.717) is 6.10 Å². The topological polar surface area (TPSA) is 24.5 Å². The fourth-order valence-corrected chi connectivity index (χ4v) is 2.51. The summed E-state index contributed by atoms with van der Waals surface area (Å²) in [7, 11) is 0. The fourth-order valence-electron chi connectivity index (χ4n) is 2.51. The van der Waals surface area contributed by atoms with Gasteiger partial charge in [0, 0.05) is 19.7 Å². The highest BCUT2D eigenvalue weighted by Crippen LogP contribution is 2.13. The molecule has 1 aliphatic heterocycles. The van der Waals surface area contributed by atoms with Gasteiger partial charge >= 0.3 is 0 Å². The summed E-state index contributed by atoms with van der Waals surface area (Å²) in [5.41, 5.74) is 0. The number of hydrogen-bond donors (Lipinski definition) is 1. The lowest BCUT2D eigenvalue weighted by atomic mass is 10.1. The van der Waals surface area contributed by atoms with Gasteiger partial charge in [-0.25, -0.2) is 0 Å². The highest BCUT2D eigenvalue weighted by molar-refractivity contribution is 4.72. The molecule has 0 amide bonds. The highest BCUT2D eigenvalue weighted by Gasteiger charge is 2.18. The molecule has 0 atom stereocenters. The lowest BCUT2D eigenvalue weighted by molar-refractivity contribution is 0.0140. The standard InChI is InChI=1S/C15H32N2O/c1-4-18-15-7-11-17(12-8-15)10-6-5-9-16-13-14(2)3/h14-16H,4-13H2,1-3H3. The van der Waals surface area contributed by atoms with Crippen LogP contribution in [0.1, 0.15) is 46.5 Å². The van der Waals surface area contributed by atoms with Crippen molar-refractivity contribution in [3.8, 4) is 0 Å². The number of nitrogens with zero attached hydrogens (tertiary/aromatic N) is 1. The molecule has 3 heteroatoms. The summed E-state index contributed by atoms with van der Waals surface area (Å²) in [5.74, 6) is 0.766. The predicted molar refractivity (Wildman–Crippen MR) is 78.0 cm³/mol. The number of unbranched alkanes of at least 4 members (excludes halogenated alkanes) is 1. The molecule has 1 heterocycles. The maximum absolute atomic E-state index is 5.67. The van der Waals surface area contributed by atoms with Crippen molar-refractivity contribution >= 4 is 0 Å². The van der Waals surface area contributed by atoms with Crippen LogP contribution in [-0.4, -0.2) is 50.3 Å². The molecular formula is C15H32N2O. The molecule has 0 radical (unpaired) electrons. The Bertz CT molecular complexity index is 189. The van der Waals surface area contributed by atoms with Crippen molar-refractivity contribution in [1.29, 1.82) is 0 Å². The van der Waals surface area contributed by atoms with Crippen molar-refractivity contribution in [2.24, 2.45) is 5.92 Å². The van der Waals surface area contributed by atoms with Gasteiger partial charge in [0.05, 0.1) is 6.10 Å². The Morgan fingerprint density at radius 2 is 1.94 bits per heavy atom. The molecule has 1 N–H and O–H groups in total. The van der Waals surface area contributed by atoms with E-state index in [0.717, 1.165) is 19.1 Å². The van der Waals surface area contributed by atoms with Crippen LogP contribution in [0.15, 0.2) is 0 Å². The van der Waals surface area contributed by atoms with Crippen molar-refractivity contribution in [2.45, 2.75) is 52.6 Å². The Kier molecular flexibility index (Phi) is 8.64. The molecule has 0 aromatic rings. The zero-order chi connectivity index (χ0) is 13.2. The highest BCUT2D eigenvalue weighted by atomic mass is 16.5. The van der Waals surface area contributed by atoms with Gasteiger partial charge < -0.3 is 15.0 Å². The molecule has 0 unspecified atom stereocenters. The molecule has 1 rings (SSSR count). The first-order valence-electron chi connectivity index (χ1n) is 7.77. The Morgan fingerprint density at radius 1 is 1.22 bits per heavy atom. The van der Waals surface area contributed by atoms with Crippen LogP contribution in [0.3, 0.4) is 0 Å². The Labute approximate surface area is 113 Å². The van der Waals surface area contributed by atoms with E-state index in [1.54, 1.807) is 0 Å². The summed E-state index contributed by atoms with van der Waals surface area (Å²) in [4.78, 5) is 2.60. The van der Waals surface area contributed by atoms with E-state index < -0.39 is 0 Å². The van der Waals surface area contributed by atoms with Crippen molar-refractivity contribution < 1.29 is 4.74 Å². The molecule has 1 aliphatic rings. The summed E-state index contributed by atoms with van der Waals surface area (Å²) < 4.78 is 5.67. The van der Waals surface area contributed by atoms with Gasteiger partial charge in [0.2, 0.25) is 0 Å². The van der Waals surface area contributed by atoms with Crippen molar-refractivity contribution in [1.82, 2.24) is 10.2 Å². The zero-order valence-corrected chi connectivity index (χ0v) is 12.6. The van der Waals surface area contributed by atoms with E-state index in [1.807, 2.05) is 0 Å². The fraction of sp³-hybridized carbons (Fsp3) is 1.00. The van der Waals surface area contributed by atoms with Gasteiger partial charge in [-0.1, -0.05) is 13.8 Å². The van der Waals surface area contributed by atoms with Crippen LogP contribution in [0.2, 0.25) is 0 Å². The quantitative estimate of drug-likeness (QED) is 0.642. The molecule has 0 aliphatic carbocycles. The average molecular weight is 256 g/mol. The molecule has 0 aromatic heterocycles. The Hall–Kier alpha value is -0.120. The largest absolute Gasteiger partial charge is 0.378 e. The molecule has 18 heavy (non-hydrogen) atoms. The Balaban J connectivity index is 1.91. The molecular weight excluding hydrogens is 224 g/mol. The molecule has 0 saturated carbocycles. The van der Waals surface area contributed by atoms with Crippen molar-refractivity contribution in [3.05, 3.63) is 0 Å². The summed E-state index contributed by atoms with van der Waals surface area (Å²) in [6.45, 7) is 13.5. The second-order valence-corrected chi connectivity index (χ2v) is 5.80. The van der Waals surface area contributed by atoms with Gasteiger partial charge in [-0.05, 0) is 58.2 Å². The third-order valence-electron chi connectivity index (χ3n) is 3.57. The van der Waals surface area contributed by atoms with E-state index in [4.69, 9.17) is 4.74 Å². The number of rotatable bonds is 9. The van der Waals surface area contributed by atoms with Crippen LogP contribution in [0.5, 0.6) is 0 Å². The van der Waals surface area contributed by atoms with Gasteiger partial charge in [0.25, 0.3) is 0 Å². The molecule has 108 valence electrons. The van der Waals surface area contributed by atoms with Crippen LogP contribution in [0.4, 0.5) is 0 Å². The van der Waals surface area contributed by atoms with Crippen molar-refractivity contribution in [3.63, 3.8) is 0 Å². The molecule has 0 spiro atoms. The second-order valence-electron chi connectivity index (χ2n) is 5.80. The number of nitrogens with one attached hydrogen (secondary N) is 1. The third-order valence-corrected chi connectivity index (χ3v) is 3.57. The Morgan fingerprint density at radius 3 is 2.56 bits per heavy atom. The van der Waals surface area contributed by atoms with Crippen LogP contribution in [0.25, 0.3) is 0 Å². The maximum Gasteiger partial charge on any atom is 0.0599 e. The van der Waals surface area contributed by atoms with E-state index in [2.05, 4.69) is 31.0 Å².